The summed E-state index contributed by atoms with van der Waals surface area (Å²) in [5.41, 5.74) is 0.969. The Kier molecular flexibility index (Phi) is 7.41. The van der Waals surface area contributed by atoms with Crippen LogP contribution < -0.4 is 9.47 Å². The molecule has 4 rings (SSSR count). The summed E-state index contributed by atoms with van der Waals surface area (Å²) in [5, 5.41) is 20.2. The quantitative estimate of drug-likeness (QED) is 0.127. The Hall–Kier alpha value is -4.18. The molecule has 178 valence electrons. The van der Waals surface area contributed by atoms with Crippen molar-refractivity contribution in [2.75, 3.05) is 12.9 Å². The van der Waals surface area contributed by atoms with Crippen molar-refractivity contribution in [1.29, 1.82) is 0 Å². The maximum atomic E-state index is 12.7. The fourth-order valence-electron chi connectivity index (χ4n) is 3.38. The summed E-state index contributed by atoms with van der Waals surface area (Å²) in [4.78, 5) is 23.3. The van der Waals surface area contributed by atoms with Gasteiger partial charge < -0.3 is 9.47 Å². The number of aromatic nitrogens is 3. The largest absolute Gasteiger partial charge is 0.497 e. The molecule has 0 spiro atoms. The molecule has 0 bridgehead atoms. The van der Waals surface area contributed by atoms with Gasteiger partial charge in [-0.1, -0.05) is 42.1 Å². The van der Waals surface area contributed by atoms with E-state index in [1.807, 2.05) is 66.1 Å². The predicted molar refractivity (Wildman–Crippen MR) is 132 cm³/mol. The van der Waals surface area contributed by atoms with Gasteiger partial charge in [-0.05, 0) is 43.3 Å². The topological polar surface area (TPSA) is 109 Å². The molecule has 1 unspecified atom stereocenters. The number of ether oxygens (including phenoxy) is 2. The third-order valence-corrected chi connectivity index (χ3v) is 6.05. The van der Waals surface area contributed by atoms with Crippen LogP contribution in [0.2, 0.25) is 0 Å². The van der Waals surface area contributed by atoms with Crippen LogP contribution >= 0.6 is 11.8 Å². The maximum absolute atomic E-state index is 12.7. The predicted octanol–water partition coefficient (Wildman–Crippen LogP) is 5.30. The molecule has 1 aromatic heterocycles. The zero-order valence-electron chi connectivity index (χ0n) is 19.0. The number of benzene rings is 3. The summed E-state index contributed by atoms with van der Waals surface area (Å²) >= 11 is 1.21. The molecule has 9 nitrogen and oxygen atoms in total. The van der Waals surface area contributed by atoms with Gasteiger partial charge in [-0.15, -0.1) is 10.2 Å². The number of hydrogen-bond donors (Lipinski definition) is 0. The van der Waals surface area contributed by atoms with Crippen LogP contribution in [0.25, 0.3) is 5.69 Å². The van der Waals surface area contributed by atoms with Crippen molar-refractivity contribution in [3.63, 3.8) is 0 Å². The zero-order valence-corrected chi connectivity index (χ0v) is 19.8. The Bertz CT molecular complexity index is 1330. The number of rotatable bonds is 10. The van der Waals surface area contributed by atoms with Crippen molar-refractivity contribution in [3.05, 3.63) is 100 Å². The fourth-order valence-corrected chi connectivity index (χ4v) is 4.23. The second kappa shape index (κ2) is 10.8. The highest BCUT2D eigenvalue weighted by atomic mass is 32.2. The van der Waals surface area contributed by atoms with Crippen molar-refractivity contribution in [2.24, 2.45) is 0 Å². The number of nitro benzene ring substituents is 1. The second-order valence-corrected chi connectivity index (χ2v) is 8.41. The lowest BCUT2D eigenvalue weighted by Crippen LogP contribution is -2.12. The molecule has 0 aliphatic rings. The van der Waals surface area contributed by atoms with Crippen molar-refractivity contribution in [3.8, 4) is 17.2 Å². The highest BCUT2D eigenvalue weighted by Gasteiger charge is 2.22. The van der Waals surface area contributed by atoms with E-state index >= 15 is 0 Å². The van der Waals surface area contributed by atoms with Crippen LogP contribution in [0.15, 0.2) is 84.0 Å². The molecular weight excluding hydrogens is 468 g/mol. The molecule has 1 heterocycles. The summed E-state index contributed by atoms with van der Waals surface area (Å²) in [5.74, 6) is 1.74. The van der Waals surface area contributed by atoms with E-state index < -0.39 is 11.0 Å². The Morgan fingerprint density at radius 1 is 1.03 bits per heavy atom. The van der Waals surface area contributed by atoms with E-state index in [-0.39, 0.29) is 22.8 Å². The summed E-state index contributed by atoms with van der Waals surface area (Å²) in [6.45, 7) is 1.87. The van der Waals surface area contributed by atoms with Crippen molar-refractivity contribution in [1.82, 2.24) is 14.8 Å². The molecule has 3 aromatic carbocycles. The van der Waals surface area contributed by atoms with Gasteiger partial charge in [0.2, 0.25) is 0 Å². The molecule has 0 saturated heterocycles. The second-order valence-electron chi connectivity index (χ2n) is 7.47. The number of nitro groups is 1. The molecule has 35 heavy (non-hydrogen) atoms. The van der Waals surface area contributed by atoms with Crippen LogP contribution in [0.1, 0.15) is 29.2 Å². The lowest BCUT2D eigenvalue weighted by atomic mass is 10.1. The van der Waals surface area contributed by atoms with Crippen LogP contribution in [0, 0.1) is 10.1 Å². The van der Waals surface area contributed by atoms with E-state index in [2.05, 4.69) is 10.2 Å². The molecule has 0 amide bonds. The average Bonchev–Trinajstić information content (AvgIpc) is 3.32. The first-order valence-electron chi connectivity index (χ1n) is 10.7. The van der Waals surface area contributed by atoms with Crippen molar-refractivity contribution in [2.45, 2.75) is 18.2 Å². The van der Waals surface area contributed by atoms with E-state index in [9.17, 15) is 14.9 Å². The number of non-ortho nitro benzene ring substituents is 1. The number of Topliss-reactive ketones (excluding diaryl/α,β-unsaturated/α-hetero) is 1. The molecular formula is C25H22N4O5S. The number of para-hydroxylation sites is 1. The third kappa shape index (κ3) is 5.67. The minimum absolute atomic E-state index is 0.0415. The zero-order chi connectivity index (χ0) is 24.8. The molecule has 4 aromatic rings. The van der Waals surface area contributed by atoms with Gasteiger partial charge >= 0.3 is 0 Å². The van der Waals surface area contributed by atoms with Gasteiger partial charge in [0.15, 0.2) is 22.9 Å². The number of thioether (sulfide) groups is 1. The van der Waals surface area contributed by atoms with Gasteiger partial charge in [-0.2, -0.15) is 0 Å². The Balaban J connectivity index is 1.57. The summed E-state index contributed by atoms with van der Waals surface area (Å²) < 4.78 is 13.1. The fraction of sp³-hybridized carbons (Fsp3) is 0.160. The third-order valence-electron chi connectivity index (χ3n) is 5.12. The van der Waals surface area contributed by atoms with Gasteiger partial charge in [0.1, 0.15) is 11.5 Å². The first-order chi connectivity index (χ1) is 17.0. The first kappa shape index (κ1) is 24.0. The first-order valence-corrected chi connectivity index (χ1v) is 11.7. The molecule has 0 aliphatic heterocycles. The Morgan fingerprint density at radius 3 is 2.43 bits per heavy atom. The number of nitrogens with zero attached hydrogens (tertiary/aromatic N) is 4. The van der Waals surface area contributed by atoms with Gasteiger partial charge in [-0.3, -0.25) is 19.5 Å². The van der Waals surface area contributed by atoms with Gasteiger partial charge in [0, 0.05) is 23.4 Å². The van der Waals surface area contributed by atoms with Gasteiger partial charge in [0.25, 0.3) is 5.69 Å². The van der Waals surface area contributed by atoms with Crippen LogP contribution in [0.4, 0.5) is 5.69 Å². The highest BCUT2D eigenvalue weighted by molar-refractivity contribution is 7.99. The van der Waals surface area contributed by atoms with E-state index in [0.717, 1.165) is 11.4 Å². The minimum Gasteiger partial charge on any atom is -0.497 e. The highest BCUT2D eigenvalue weighted by Crippen LogP contribution is 2.29. The monoisotopic (exact) mass is 490 g/mol. The molecule has 0 saturated carbocycles. The van der Waals surface area contributed by atoms with Crippen LogP contribution in [-0.2, 0) is 0 Å². The lowest BCUT2D eigenvalue weighted by molar-refractivity contribution is -0.384. The number of carbonyl (C=O) groups is 1. The Labute approximate surface area is 205 Å². The van der Waals surface area contributed by atoms with Crippen molar-refractivity contribution < 1.29 is 19.2 Å². The van der Waals surface area contributed by atoms with Crippen LogP contribution in [0.3, 0.4) is 0 Å². The molecule has 0 N–H and O–H groups in total. The molecule has 10 heteroatoms. The summed E-state index contributed by atoms with van der Waals surface area (Å²) in [6, 6.07) is 22.5. The number of hydrogen-bond acceptors (Lipinski definition) is 8. The normalized spacial score (nSPS) is 11.6. The Morgan fingerprint density at radius 2 is 1.74 bits per heavy atom. The number of methoxy groups -OCH3 is 1. The van der Waals surface area contributed by atoms with Crippen LogP contribution in [0.5, 0.6) is 11.5 Å². The standard InChI is InChI=1S/C25H22N4O5S/c1-17(34-22-13-11-21(33-2)12-14-22)24-26-27-25(28(24)19-8-4-3-5-9-19)35-16-23(30)18-7-6-10-20(15-18)29(31)32/h3-15,17H,16H2,1-2H3. The van der Waals surface area contributed by atoms with Crippen molar-refractivity contribution >= 4 is 23.2 Å². The SMILES string of the molecule is COc1ccc(OC(C)c2nnc(SCC(=O)c3cccc([N+](=O)[O-])c3)n2-c2ccccc2)cc1. The van der Waals surface area contributed by atoms with E-state index in [1.54, 1.807) is 13.2 Å². The lowest BCUT2D eigenvalue weighted by Gasteiger charge is -2.17. The smallest absolute Gasteiger partial charge is 0.270 e. The summed E-state index contributed by atoms with van der Waals surface area (Å²) in [7, 11) is 1.60. The van der Waals surface area contributed by atoms with Gasteiger partial charge in [-0.25, -0.2) is 0 Å². The summed E-state index contributed by atoms with van der Waals surface area (Å²) in [6.07, 6.45) is -0.446. The minimum atomic E-state index is -0.521. The maximum Gasteiger partial charge on any atom is 0.270 e. The van der Waals surface area contributed by atoms with Gasteiger partial charge in [0.05, 0.1) is 17.8 Å². The van der Waals surface area contributed by atoms with E-state index in [0.29, 0.717) is 16.7 Å². The van der Waals surface area contributed by atoms with E-state index in [4.69, 9.17) is 9.47 Å². The van der Waals surface area contributed by atoms with Crippen LogP contribution in [-0.4, -0.2) is 38.3 Å². The number of carbonyl (C=O) groups excluding carboxylic acids is 1. The molecule has 0 fully saturated rings. The molecule has 1 atom stereocenters. The average molecular weight is 491 g/mol. The molecule has 0 radical (unpaired) electrons. The number of ketones is 1. The van der Waals surface area contributed by atoms with E-state index in [1.165, 1.54) is 30.0 Å². The molecule has 0 aliphatic carbocycles.